The summed E-state index contributed by atoms with van der Waals surface area (Å²) in [6.07, 6.45) is 4.27. The molecule has 1 fully saturated rings. The highest BCUT2D eigenvalue weighted by Crippen LogP contribution is 2.39. The fourth-order valence-electron chi connectivity index (χ4n) is 2.31. The van der Waals surface area contributed by atoms with Gasteiger partial charge in [-0.2, -0.15) is 0 Å². The first-order valence-corrected chi connectivity index (χ1v) is 9.32. The van der Waals surface area contributed by atoms with E-state index in [9.17, 15) is 4.79 Å². The molecule has 1 aliphatic carbocycles. The van der Waals surface area contributed by atoms with Crippen LogP contribution >= 0.6 is 23.1 Å². The van der Waals surface area contributed by atoms with Crippen molar-refractivity contribution in [1.82, 2.24) is 19.9 Å². The maximum absolute atomic E-state index is 12.8. The number of aryl methyl sites for hydroxylation is 1. The van der Waals surface area contributed by atoms with E-state index < -0.39 is 0 Å². The number of thiazole rings is 1. The number of thioether (sulfide) groups is 1. The van der Waals surface area contributed by atoms with Gasteiger partial charge in [-0.05, 0) is 26.0 Å². The number of carbonyl (C=O) groups excluding carboxylic acids is 1. The Bertz CT molecular complexity index is 683. The molecule has 1 saturated carbocycles. The molecular formula is C15H18N4OS2. The second-order valence-electron chi connectivity index (χ2n) is 5.47. The van der Waals surface area contributed by atoms with Gasteiger partial charge in [-0.3, -0.25) is 4.79 Å². The molecule has 5 nitrogen and oxygen atoms in total. The number of hydrogen-bond donors (Lipinski definition) is 0. The van der Waals surface area contributed by atoms with Crippen molar-refractivity contribution in [3.05, 3.63) is 33.7 Å². The van der Waals surface area contributed by atoms with E-state index in [0.29, 0.717) is 18.0 Å². The van der Waals surface area contributed by atoms with Crippen molar-refractivity contribution >= 4 is 29.0 Å². The lowest BCUT2D eigenvalue weighted by atomic mass is 10.2. The van der Waals surface area contributed by atoms with Gasteiger partial charge in [0.25, 0.3) is 5.91 Å². The van der Waals surface area contributed by atoms with Crippen molar-refractivity contribution in [1.29, 1.82) is 0 Å². The Morgan fingerprint density at radius 3 is 2.82 bits per heavy atom. The van der Waals surface area contributed by atoms with E-state index in [-0.39, 0.29) is 5.91 Å². The van der Waals surface area contributed by atoms with E-state index in [4.69, 9.17) is 0 Å². The third-order valence-corrected chi connectivity index (χ3v) is 4.97. The number of amides is 1. The van der Waals surface area contributed by atoms with Crippen LogP contribution in [0, 0.1) is 6.92 Å². The summed E-state index contributed by atoms with van der Waals surface area (Å²) in [5, 5.41) is 2.74. The van der Waals surface area contributed by atoms with Gasteiger partial charge < -0.3 is 4.90 Å². The van der Waals surface area contributed by atoms with Crippen molar-refractivity contribution < 1.29 is 4.79 Å². The maximum Gasteiger partial charge on any atom is 0.258 e. The second kappa shape index (κ2) is 6.34. The molecule has 2 heterocycles. The fourth-order valence-corrected chi connectivity index (χ4v) is 3.48. The number of carbonyl (C=O) groups is 1. The Hall–Kier alpha value is -1.47. The number of rotatable bonds is 5. The molecule has 0 aliphatic heterocycles. The Kier molecular flexibility index (Phi) is 4.44. The molecule has 22 heavy (non-hydrogen) atoms. The van der Waals surface area contributed by atoms with E-state index in [0.717, 1.165) is 35.1 Å². The quantitative estimate of drug-likeness (QED) is 0.621. The maximum atomic E-state index is 12.8. The van der Waals surface area contributed by atoms with Crippen LogP contribution in [0.1, 0.15) is 46.3 Å². The van der Waals surface area contributed by atoms with Crippen molar-refractivity contribution in [3.8, 4) is 0 Å². The van der Waals surface area contributed by atoms with Crippen molar-refractivity contribution in [3.63, 3.8) is 0 Å². The molecule has 1 aliphatic rings. The molecule has 0 radical (unpaired) electrons. The van der Waals surface area contributed by atoms with Crippen LogP contribution in [0.4, 0.5) is 0 Å². The van der Waals surface area contributed by atoms with Crippen LogP contribution < -0.4 is 0 Å². The Morgan fingerprint density at radius 1 is 1.45 bits per heavy atom. The average molecular weight is 334 g/mol. The number of nitrogens with zero attached hydrogens (tertiary/aromatic N) is 4. The molecule has 0 atom stereocenters. The van der Waals surface area contributed by atoms with Crippen LogP contribution in [0.2, 0.25) is 0 Å². The van der Waals surface area contributed by atoms with Gasteiger partial charge in [0.05, 0.1) is 29.0 Å². The predicted molar refractivity (Wildman–Crippen MR) is 88.4 cm³/mol. The van der Waals surface area contributed by atoms with Gasteiger partial charge in [0.1, 0.15) is 10.9 Å². The Balaban J connectivity index is 1.87. The number of hydrogen-bond acceptors (Lipinski definition) is 6. The lowest BCUT2D eigenvalue weighted by Crippen LogP contribution is -2.28. The smallest absolute Gasteiger partial charge is 0.258 e. The summed E-state index contributed by atoms with van der Waals surface area (Å²) in [5.41, 5.74) is 4.07. The van der Waals surface area contributed by atoms with Gasteiger partial charge in [-0.1, -0.05) is 0 Å². The molecular weight excluding hydrogens is 316 g/mol. The minimum Gasteiger partial charge on any atom is -0.336 e. The number of aromatic nitrogens is 3. The molecule has 7 heteroatoms. The average Bonchev–Trinajstić information content (AvgIpc) is 3.24. The van der Waals surface area contributed by atoms with E-state index in [1.807, 2.05) is 18.6 Å². The summed E-state index contributed by atoms with van der Waals surface area (Å²) < 4.78 is 0. The molecule has 0 aromatic carbocycles. The van der Waals surface area contributed by atoms with Crippen LogP contribution in [0.15, 0.2) is 15.9 Å². The summed E-state index contributed by atoms with van der Waals surface area (Å²) in [5.74, 6) is 1.33. The molecule has 0 bridgehead atoms. The van der Waals surface area contributed by atoms with E-state index in [1.165, 1.54) is 23.1 Å². The van der Waals surface area contributed by atoms with Crippen LogP contribution in [0.25, 0.3) is 0 Å². The molecule has 116 valence electrons. The van der Waals surface area contributed by atoms with Gasteiger partial charge >= 0.3 is 0 Å². The zero-order valence-corrected chi connectivity index (χ0v) is 14.5. The zero-order valence-electron chi connectivity index (χ0n) is 12.9. The summed E-state index contributed by atoms with van der Waals surface area (Å²) >= 11 is 3.04. The second-order valence-corrected chi connectivity index (χ2v) is 6.98. The zero-order chi connectivity index (χ0) is 15.7. The van der Waals surface area contributed by atoms with Crippen molar-refractivity contribution in [2.45, 2.75) is 37.3 Å². The minimum absolute atomic E-state index is 0.0443. The first-order valence-electron chi connectivity index (χ1n) is 7.15. The summed E-state index contributed by atoms with van der Waals surface area (Å²) in [6, 6.07) is 0. The molecule has 2 aromatic heterocycles. The lowest BCUT2D eigenvalue weighted by molar-refractivity contribution is 0.0778. The molecule has 2 aromatic rings. The molecule has 0 N–H and O–H groups in total. The van der Waals surface area contributed by atoms with Gasteiger partial charge in [0.2, 0.25) is 0 Å². The van der Waals surface area contributed by atoms with Gasteiger partial charge in [0.15, 0.2) is 0 Å². The molecule has 0 unspecified atom stereocenters. The molecule has 0 saturated heterocycles. The van der Waals surface area contributed by atoms with E-state index in [2.05, 4.69) is 15.0 Å². The van der Waals surface area contributed by atoms with Gasteiger partial charge in [0, 0.05) is 18.3 Å². The Labute approximate surface area is 138 Å². The summed E-state index contributed by atoms with van der Waals surface area (Å²) in [6.45, 7) is 2.40. The third-order valence-electron chi connectivity index (χ3n) is 3.65. The monoisotopic (exact) mass is 334 g/mol. The lowest BCUT2D eigenvalue weighted by Gasteiger charge is -2.19. The highest BCUT2D eigenvalue weighted by Gasteiger charge is 2.29. The van der Waals surface area contributed by atoms with Gasteiger partial charge in [-0.25, -0.2) is 15.0 Å². The van der Waals surface area contributed by atoms with Crippen LogP contribution in [0.3, 0.4) is 0 Å². The van der Waals surface area contributed by atoms with E-state index in [1.54, 1.807) is 17.5 Å². The summed E-state index contributed by atoms with van der Waals surface area (Å²) in [4.78, 5) is 27.8. The normalized spacial score (nSPS) is 14.1. The van der Waals surface area contributed by atoms with Crippen molar-refractivity contribution in [2.75, 3.05) is 13.3 Å². The highest BCUT2D eigenvalue weighted by atomic mass is 32.2. The van der Waals surface area contributed by atoms with Crippen LogP contribution in [-0.2, 0) is 6.54 Å². The topological polar surface area (TPSA) is 59.0 Å². The largest absolute Gasteiger partial charge is 0.336 e. The third kappa shape index (κ3) is 3.15. The van der Waals surface area contributed by atoms with E-state index >= 15 is 0 Å². The first kappa shape index (κ1) is 15.4. The minimum atomic E-state index is -0.0443. The summed E-state index contributed by atoms with van der Waals surface area (Å²) in [7, 11) is 1.79. The van der Waals surface area contributed by atoms with Crippen LogP contribution in [-0.4, -0.2) is 39.1 Å². The van der Waals surface area contributed by atoms with Crippen molar-refractivity contribution in [2.24, 2.45) is 0 Å². The Morgan fingerprint density at radius 2 is 2.23 bits per heavy atom. The fraction of sp³-hybridized carbons (Fsp3) is 0.467. The predicted octanol–water partition coefficient (Wildman–Crippen LogP) is 3.11. The molecule has 3 rings (SSSR count). The molecule has 0 spiro atoms. The van der Waals surface area contributed by atoms with Crippen LogP contribution in [0.5, 0.6) is 0 Å². The highest BCUT2D eigenvalue weighted by molar-refractivity contribution is 7.98. The standard InChI is InChI=1S/C15H18N4OS2/c1-9-12(14(21-3)18-13(17-9)10-4-5-10)15(20)19(2)6-11-7-22-8-16-11/h7-8,10H,4-6H2,1-3H3. The first-order chi connectivity index (χ1) is 10.6. The SMILES string of the molecule is CSc1nc(C2CC2)nc(C)c1C(=O)N(C)Cc1cscn1. The van der Waals surface area contributed by atoms with Gasteiger partial charge in [-0.15, -0.1) is 23.1 Å². The molecule has 1 amide bonds.